The fourth-order valence-electron chi connectivity index (χ4n) is 1.61. The van der Waals surface area contributed by atoms with Gasteiger partial charge in [0.05, 0.1) is 15.0 Å². The average molecular weight is 277 g/mol. The molecule has 18 heavy (non-hydrogen) atoms. The molecule has 1 rings (SSSR count). The number of urea groups is 1. The van der Waals surface area contributed by atoms with Crippen LogP contribution in [0.25, 0.3) is 0 Å². The summed E-state index contributed by atoms with van der Waals surface area (Å²) >= 11 is 0. The number of rotatable bonds is 3. The van der Waals surface area contributed by atoms with Crippen LogP contribution in [-0.4, -0.2) is 21.6 Å². The van der Waals surface area contributed by atoms with Gasteiger partial charge in [0, 0.05) is 17.9 Å². The third-order valence-corrected chi connectivity index (χ3v) is 4.32. The Morgan fingerprint density at radius 2 is 2.06 bits per heavy atom. The minimum absolute atomic E-state index is 0.125. The van der Waals surface area contributed by atoms with E-state index >= 15 is 0 Å². The Balaban J connectivity index is 3.36. The van der Waals surface area contributed by atoms with Crippen molar-refractivity contribution in [1.82, 2.24) is 4.72 Å². The molecule has 8 heteroatoms. The summed E-state index contributed by atoms with van der Waals surface area (Å²) in [5.41, 5.74) is 4.21. The van der Waals surface area contributed by atoms with Gasteiger partial charge in [-0.05, 0) is 20.8 Å². The quantitative estimate of drug-likeness (QED) is 0.623. The second kappa shape index (κ2) is 3.81. The first-order valence-corrected chi connectivity index (χ1v) is 7.61. The first kappa shape index (κ1) is 14.7. The van der Waals surface area contributed by atoms with E-state index < -0.39 is 21.1 Å². The number of aliphatic hydroxyl groups is 1. The SMILES string of the molecule is Cc1oc(S(C)(N)(=O)NC(N)=O)cc1C(C)(C)O. The molecule has 7 nitrogen and oxygen atoms in total. The number of carbonyl (C=O) groups is 1. The predicted molar refractivity (Wildman–Crippen MR) is 67.9 cm³/mol. The summed E-state index contributed by atoms with van der Waals surface area (Å²) in [5, 5.41) is 15.5. The van der Waals surface area contributed by atoms with Gasteiger partial charge in [-0.1, -0.05) is 0 Å². The van der Waals surface area contributed by atoms with E-state index in [0.29, 0.717) is 11.3 Å². The molecule has 0 spiro atoms. The van der Waals surface area contributed by atoms with Crippen LogP contribution in [0.1, 0.15) is 25.2 Å². The molecule has 0 atom stereocenters. The molecule has 1 aromatic heterocycles. The van der Waals surface area contributed by atoms with Gasteiger partial charge in [0.25, 0.3) is 0 Å². The minimum atomic E-state index is -4.19. The Bertz CT molecular complexity index is 550. The van der Waals surface area contributed by atoms with Crippen molar-refractivity contribution in [3.63, 3.8) is 0 Å². The predicted octanol–water partition coefficient (Wildman–Crippen LogP) is 0.0812. The number of hydrogen-bond donors (Lipinski definition) is 4. The highest BCUT2D eigenvalue weighted by atomic mass is 32.3. The third kappa shape index (κ3) is 2.89. The summed E-state index contributed by atoms with van der Waals surface area (Å²) in [5.74, 6) is 0.370. The summed E-state index contributed by atoms with van der Waals surface area (Å²) in [7, 11) is -4.19. The number of carbonyl (C=O) groups excluding carboxylic acids is 1. The molecule has 0 aliphatic carbocycles. The summed E-state index contributed by atoms with van der Waals surface area (Å²) in [6.07, 6.45) is 1.13. The third-order valence-electron chi connectivity index (χ3n) is 2.41. The lowest BCUT2D eigenvalue weighted by molar-refractivity contribution is 0.0769. The summed E-state index contributed by atoms with van der Waals surface area (Å²) in [6.45, 7) is 4.71. The van der Waals surface area contributed by atoms with Crippen molar-refractivity contribution in [2.24, 2.45) is 10.9 Å². The van der Waals surface area contributed by atoms with Crippen molar-refractivity contribution < 1.29 is 18.5 Å². The zero-order chi connectivity index (χ0) is 14.4. The molecule has 1 aromatic rings. The van der Waals surface area contributed by atoms with E-state index in [-0.39, 0.29) is 5.09 Å². The van der Waals surface area contributed by atoms with Crippen LogP contribution >= 0.6 is 0 Å². The molecule has 0 fully saturated rings. The molecule has 104 valence electrons. The molecule has 0 aliphatic rings. The summed E-state index contributed by atoms with van der Waals surface area (Å²) < 4.78 is 19.8. The van der Waals surface area contributed by atoms with Gasteiger partial charge in [-0.15, -0.1) is 0 Å². The monoisotopic (exact) mass is 277 g/mol. The fourth-order valence-corrected chi connectivity index (χ4v) is 2.96. The Kier molecular flexibility index (Phi) is 3.10. The van der Waals surface area contributed by atoms with Gasteiger partial charge < -0.3 is 15.3 Å². The second-order valence-electron chi connectivity index (χ2n) is 4.97. The molecule has 0 bridgehead atoms. The van der Waals surface area contributed by atoms with Crippen molar-refractivity contribution in [3.8, 4) is 0 Å². The number of primary amides is 1. The van der Waals surface area contributed by atoms with Gasteiger partial charge >= 0.3 is 6.03 Å². The Morgan fingerprint density at radius 3 is 2.39 bits per heavy atom. The molecule has 2 amide bonds. The Morgan fingerprint density at radius 1 is 1.56 bits per heavy atom. The molecular weight excluding hydrogens is 258 g/mol. The van der Waals surface area contributed by atoms with Crippen molar-refractivity contribution in [2.45, 2.75) is 31.5 Å². The topological polar surface area (TPSA) is 132 Å². The van der Waals surface area contributed by atoms with E-state index in [9.17, 15) is 14.1 Å². The number of nitrogens with two attached hydrogens (primary N) is 2. The highest BCUT2D eigenvalue weighted by Crippen LogP contribution is 2.32. The molecular formula is C10H19N3O4S. The van der Waals surface area contributed by atoms with Gasteiger partial charge in [-0.3, -0.25) is 9.86 Å². The first-order valence-electron chi connectivity index (χ1n) is 5.17. The van der Waals surface area contributed by atoms with Crippen LogP contribution in [0.3, 0.4) is 0 Å². The number of amides is 2. The van der Waals surface area contributed by atoms with E-state index in [1.807, 2.05) is 4.72 Å². The molecule has 0 aliphatic heterocycles. The van der Waals surface area contributed by atoms with Crippen LogP contribution in [-0.2, 0) is 15.0 Å². The highest BCUT2D eigenvalue weighted by molar-refractivity contribution is 8.16. The zero-order valence-electron chi connectivity index (χ0n) is 10.8. The average Bonchev–Trinajstić information content (AvgIpc) is 2.42. The minimum Gasteiger partial charge on any atom is -0.451 e. The van der Waals surface area contributed by atoms with E-state index in [1.165, 1.54) is 6.07 Å². The molecule has 0 radical (unpaired) electrons. The van der Waals surface area contributed by atoms with E-state index in [0.717, 1.165) is 6.26 Å². The van der Waals surface area contributed by atoms with Crippen LogP contribution in [0.15, 0.2) is 15.6 Å². The van der Waals surface area contributed by atoms with Gasteiger partial charge in [0.15, 0.2) is 5.09 Å². The van der Waals surface area contributed by atoms with Crippen LogP contribution in [0.2, 0.25) is 0 Å². The molecule has 6 N–H and O–H groups in total. The molecule has 1 heterocycles. The summed E-state index contributed by atoms with van der Waals surface area (Å²) in [6, 6.07) is 0.344. The van der Waals surface area contributed by atoms with E-state index in [4.69, 9.17) is 15.3 Å². The fraction of sp³-hybridized carbons (Fsp3) is 0.500. The largest absolute Gasteiger partial charge is 0.451 e. The van der Waals surface area contributed by atoms with Gasteiger partial charge in [0.2, 0.25) is 0 Å². The molecule has 0 aromatic carbocycles. The van der Waals surface area contributed by atoms with Crippen LogP contribution < -0.4 is 15.6 Å². The maximum absolute atomic E-state index is 12.5. The van der Waals surface area contributed by atoms with Gasteiger partial charge in [-0.2, -0.15) is 0 Å². The van der Waals surface area contributed by atoms with Crippen molar-refractivity contribution in [1.29, 1.82) is 0 Å². The zero-order valence-corrected chi connectivity index (χ0v) is 11.6. The van der Waals surface area contributed by atoms with Gasteiger partial charge in [-0.25, -0.2) is 9.00 Å². The smallest absolute Gasteiger partial charge is 0.323 e. The van der Waals surface area contributed by atoms with Crippen molar-refractivity contribution in [2.75, 3.05) is 6.26 Å². The van der Waals surface area contributed by atoms with Crippen LogP contribution in [0, 0.1) is 6.92 Å². The number of aryl methyl sites for hydroxylation is 1. The number of nitrogens with one attached hydrogen (secondary N) is 1. The van der Waals surface area contributed by atoms with E-state index in [1.54, 1.807) is 20.8 Å². The van der Waals surface area contributed by atoms with Crippen LogP contribution in [0.5, 0.6) is 0 Å². The molecule has 0 saturated carbocycles. The molecule has 0 saturated heterocycles. The summed E-state index contributed by atoms with van der Waals surface area (Å²) in [4.78, 5) is 10.8. The lowest BCUT2D eigenvalue weighted by atomic mass is 10.00. The van der Waals surface area contributed by atoms with Crippen molar-refractivity contribution >= 4 is 15.5 Å². The first-order chi connectivity index (χ1) is 7.81. The highest BCUT2D eigenvalue weighted by Gasteiger charge is 2.36. The van der Waals surface area contributed by atoms with Crippen molar-refractivity contribution in [3.05, 3.63) is 17.4 Å². The number of hydrogen-bond acceptors (Lipinski definition) is 4. The maximum atomic E-state index is 12.5. The lowest BCUT2D eigenvalue weighted by Gasteiger charge is -2.31. The second-order valence-corrected chi connectivity index (χ2v) is 8.40. The van der Waals surface area contributed by atoms with E-state index in [2.05, 4.69) is 0 Å². The Labute approximate surface area is 105 Å². The van der Waals surface area contributed by atoms with Crippen LogP contribution in [0.4, 0.5) is 4.79 Å². The Hall–Kier alpha value is -1.38. The normalized spacial score (nSPS) is 14.9. The maximum Gasteiger partial charge on any atom is 0.323 e. The number of furan rings is 1. The standard InChI is InChI=1S/C10H19N3O4S/c1-6-7(10(2,3)15)5-8(17-6)18(4,12,16)13-9(11)14/h5,15H,1-4H3,(H5,11,12,13,14,16). The molecule has 0 unspecified atom stereocenters. The lowest BCUT2D eigenvalue weighted by Crippen LogP contribution is -2.57. The van der Waals surface area contributed by atoms with Gasteiger partial charge in [0.1, 0.15) is 5.76 Å².